The Hall–Kier alpha value is -5.15. The lowest BCUT2D eigenvalue weighted by Crippen LogP contribution is -2.43. The van der Waals surface area contributed by atoms with E-state index in [1.807, 2.05) is 26.0 Å². The lowest BCUT2D eigenvalue weighted by Gasteiger charge is -2.39. The van der Waals surface area contributed by atoms with Crippen LogP contribution in [0.3, 0.4) is 0 Å². The number of guanidine groups is 1. The number of nitrogens with zero attached hydrogens (tertiary/aromatic N) is 3. The molecule has 6 rings (SSSR count). The average molecular weight is 677 g/mol. The van der Waals surface area contributed by atoms with Crippen molar-refractivity contribution in [2.45, 2.75) is 31.5 Å². The number of ether oxygens (including phenoxy) is 5. The van der Waals surface area contributed by atoms with E-state index in [0.717, 1.165) is 0 Å². The first-order chi connectivity index (χ1) is 21.2. The zero-order chi connectivity index (χ0) is 32.8. The number of phenolic OH excluding ortho intramolecular Hbond substituents is 1. The number of ketones is 1. The fraction of sp³-hybridized carbons (Fsp3) is 0.276. The molecule has 0 saturated heterocycles. The summed E-state index contributed by atoms with van der Waals surface area (Å²) >= 11 is 5.55. The molecule has 0 radical (unpaired) electrons. The molecule has 0 saturated carbocycles. The van der Waals surface area contributed by atoms with Crippen molar-refractivity contribution in [3.8, 4) is 34.5 Å². The largest absolute Gasteiger partial charge is 0.507 e. The van der Waals surface area contributed by atoms with Gasteiger partial charge in [0.25, 0.3) is 0 Å². The quantitative estimate of drug-likeness (QED) is 0.198. The standard InChI is InChI=1S/C23H22O7.C6H8ClN7O.ClH/c1-23(2)6-5-11-15(30-23)8-13(24)20-21(25)19-12-7-16(26-3)17(27-4)9-14(12)28-10-18(19)29-22(11)20;7-2-4(9)13-3(8)1(12-2)5(15)14-6(10)11;/h5-9,18-19,24H,10H2,1-4H3;(H4,8,9,13)(H4,10,11,14,15);1H. The Morgan fingerprint density at radius 1 is 1.09 bits per heavy atom. The van der Waals surface area contributed by atoms with Crippen LogP contribution >= 0.6 is 24.0 Å². The SMILES string of the molecule is COc1cc2c(cc1OC)C1C(=O)c3c(O)cc4c(c3OC1CO2)C=CC(C)(C)O4.Cl.NC(N)=NC(=O)c1nc(Cl)c(N)nc1N. The molecule has 1 aromatic heterocycles. The Bertz CT molecular complexity index is 1790. The highest BCUT2D eigenvalue weighted by atomic mass is 35.5. The van der Waals surface area contributed by atoms with Gasteiger partial charge >= 0.3 is 5.91 Å². The van der Waals surface area contributed by atoms with E-state index in [1.54, 1.807) is 19.2 Å². The van der Waals surface area contributed by atoms with Crippen LogP contribution in [0.4, 0.5) is 11.6 Å². The Kier molecular flexibility index (Phi) is 9.31. The molecule has 2 unspecified atom stereocenters. The third kappa shape index (κ3) is 6.19. The topological polar surface area (TPSA) is 243 Å². The number of methoxy groups -OCH3 is 2. The van der Waals surface area contributed by atoms with Crippen LogP contribution in [0.25, 0.3) is 6.08 Å². The molecule has 1 amide bonds. The molecule has 17 heteroatoms. The van der Waals surface area contributed by atoms with Gasteiger partial charge in [0, 0.05) is 17.7 Å². The van der Waals surface area contributed by atoms with E-state index in [2.05, 4.69) is 15.0 Å². The van der Waals surface area contributed by atoms with E-state index in [9.17, 15) is 14.7 Å². The van der Waals surface area contributed by atoms with Gasteiger partial charge in [0.2, 0.25) is 0 Å². The molecule has 3 aliphatic heterocycles. The third-order valence-electron chi connectivity index (χ3n) is 7.05. The lowest BCUT2D eigenvalue weighted by molar-refractivity contribution is 0.0547. The van der Waals surface area contributed by atoms with Crippen molar-refractivity contribution in [2.75, 3.05) is 32.3 Å². The summed E-state index contributed by atoms with van der Waals surface area (Å²) in [4.78, 5) is 35.3. The van der Waals surface area contributed by atoms with Gasteiger partial charge in [0.05, 0.1) is 25.7 Å². The number of halogens is 2. The van der Waals surface area contributed by atoms with Gasteiger partial charge in [0.1, 0.15) is 46.9 Å². The zero-order valence-electron chi connectivity index (χ0n) is 25.0. The normalized spacial score (nSPS) is 17.7. The summed E-state index contributed by atoms with van der Waals surface area (Å²) in [6, 6.07) is 4.92. The minimum absolute atomic E-state index is 0. The van der Waals surface area contributed by atoms with Gasteiger partial charge in [0.15, 0.2) is 45.7 Å². The average Bonchev–Trinajstić information content (AvgIpc) is 2.97. The molecule has 2 atom stereocenters. The number of aromatic nitrogens is 2. The maximum Gasteiger partial charge on any atom is 0.302 e. The summed E-state index contributed by atoms with van der Waals surface area (Å²) in [6.45, 7) is 4.02. The number of aliphatic imine (C=N–C) groups is 1. The van der Waals surface area contributed by atoms with Gasteiger partial charge < -0.3 is 51.7 Å². The molecule has 2 aromatic carbocycles. The maximum absolute atomic E-state index is 13.6. The molecule has 0 fully saturated rings. The van der Waals surface area contributed by atoms with Gasteiger partial charge in [-0.1, -0.05) is 11.6 Å². The van der Waals surface area contributed by atoms with Crippen LogP contribution in [0.5, 0.6) is 34.5 Å². The Labute approximate surface area is 273 Å². The molecule has 3 aromatic rings. The molecule has 9 N–H and O–H groups in total. The smallest absolute Gasteiger partial charge is 0.302 e. The predicted molar refractivity (Wildman–Crippen MR) is 172 cm³/mol. The first-order valence-corrected chi connectivity index (χ1v) is 13.7. The molecule has 0 spiro atoms. The number of nitrogens with two attached hydrogens (primary N) is 4. The van der Waals surface area contributed by atoms with Crippen molar-refractivity contribution >= 4 is 59.4 Å². The minimum atomic E-state index is -0.832. The number of amides is 1. The van der Waals surface area contributed by atoms with E-state index < -0.39 is 29.5 Å². The minimum Gasteiger partial charge on any atom is -0.507 e. The number of rotatable bonds is 3. The fourth-order valence-electron chi connectivity index (χ4n) is 5.04. The third-order valence-corrected chi connectivity index (χ3v) is 7.33. The summed E-state index contributed by atoms with van der Waals surface area (Å²) < 4.78 is 28.8. The van der Waals surface area contributed by atoms with Crippen LogP contribution in [0.15, 0.2) is 29.3 Å². The van der Waals surface area contributed by atoms with Gasteiger partial charge in [-0.15, -0.1) is 12.4 Å². The van der Waals surface area contributed by atoms with Crippen LogP contribution in [-0.4, -0.2) is 65.3 Å². The Balaban J connectivity index is 0.000000256. The van der Waals surface area contributed by atoms with E-state index in [4.69, 9.17) is 58.2 Å². The van der Waals surface area contributed by atoms with Gasteiger partial charge in [-0.3, -0.25) is 9.59 Å². The number of nitrogen functional groups attached to an aromatic ring is 2. The highest BCUT2D eigenvalue weighted by Crippen LogP contribution is 2.52. The molecule has 244 valence electrons. The number of fused-ring (bicyclic) bond motifs is 6. The molecule has 0 aliphatic carbocycles. The van der Waals surface area contributed by atoms with Crippen LogP contribution in [0, 0.1) is 0 Å². The van der Waals surface area contributed by atoms with Gasteiger partial charge in [-0.2, -0.15) is 4.99 Å². The number of phenols is 1. The Morgan fingerprint density at radius 3 is 2.41 bits per heavy atom. The fourth-order valence-corrected chi connectivity index (χ4v) is 5.17. The second kappa shape index (κ2) is 12.7. The molecular weight excluding hydrogens is 645 g/mol. The zero-order valence-corrected chi connectivity index (χ0v) is 26.6. The predicted octanol–water partition coefficient (Wildman–Crippen LogP) is 2.84. The summed E-state index contributed by atoms with van der Waals surface area (Å²) in [6.07, 6.45) is 3.23. The number of Topliss-reactive ketones (excluding diaryl/α,β-unsaturated/α-hetero) is 1. The number of hydrogen-bond acceptors (Lipinski definition) is 12. The van der Waals surface area contributed by atoms with Crippen molar-refractivity contribution in [1.82, 2.24) is 9.97 Å². The van der Waals surface area contributed by atoms with Gasteiger partial charge in [-0.25, -0.2) is 9.97 Å². The Morgan fingerprint density at radius 2 is 1.76 bits per heavy atom. The van der Waals surface area contributed by atoms with E-state index >= 15 is 0 Å². The van der Waals surface area contributed by atoms with Gasteiger partial charge in [-0.05, 0) is 32.1 Å². The number of hydrogen-bond donors (Lipinski definition) is 5. The van der Waals surface area contributed by atoms with Crippen molar-refractivity contribution in [3.63, 3.8) is 0 Å². The van der Waals surface area contributed by atoms with Crippen LogP contribution in [0.2, 0.25) is 5.15 Å². The molecule has 4 heterocycles. The second-order valence-electron chi connectivity index (χ2n) is 10.6. The van der Waals surface area contributed by atoms with Crippen LogP contribution in [-0.2, 0) is 0 Å². The van der Waals surface area contributed by atoms with Crippen LogP contribution < -0.4 is 46.6 Å². The van der Waals surface area contributed by atoms with Crippen molar-refractivity contribution in [2.24, 2.45) is 16.5 Å². The van der Waals surface area contributed by atoms with E-state index in [1.165, 1.54) is 13.2 Å². The number of carbonyl (C=O) groups is 2. The molecule has 0 bridgehead atoms. The van der Waals surface area contributed by atoms with Crippen molar-refractivity contribution in [3.05, 3.63) is 51.8 Å². The van der Waals surface area contributed by atoms with Crippen LogP contribution in [0.1, 0.15) is 51.7 Å². The highest BCUT2D eigenvalue weighted by Gasteiger charge is 2.46. The molecular formula is C29H31Cl2N7O8. The maximum atomic E-state index is 13.6. The molecule has 3 aliphatic rings. The first-order valence-electron chi connectivity index (χ1n) is 13.3. The van der Waals surface area contributed by atoms with E-state index in [-0.39, 0.29) is 58.6 Å². The summed E-state index contributed by atoms with van der Waals surface area (Å²) in [7, 11) is 3.07. The number of carbonyl (C=O) groups excluding carboxylic acids is 2. The second-order valence-corrected chi connectivity index (χ2v) is 10.9. The van der Waals surface area contributed by atoms with E-state index in [0.29, 0.717) is 39.9 Å². The number of anilines is 2. The first kappa shape index (κ1) is 33.7. The summed E-state index contributed by atoms with van der Waals surface area (Å²) in [5.74, 6) is -0.161. The molecule has 15 nitrogen and oxygen atoms in total. The highest BCUT2D eigenvalue weighted by molar-refractivity contribution is 6.31. The monoisotopic (exact) mass is 675 g/mol. The van der Waals surface area contributed by atoms with Crippen molar-refractivity contribution in [1.29, 1.82) is 0 Å². The molecule has 46 heavy (non-hydrogen) atoms. The number of benzene rings is 2. The number of aromatic hydroxyl groups is 1. The summed E-state index contributed by atoms with van der Waals surface area (Å²) in [5.41, 5.74) is 21.4. The van der Waals surface area contributed by atoms with Crippen molar-refractivity contribution < 1.29 is 38.4 Å². The lowest BCUT2D eigenvalue weighted by atomic mass is 9.80. The summed E-state index contributed by atoms with van der Waals surface area (Å²) in [5, 5.41) is 10.6.